The van der Waals surface area contributed by atoms with E-state index in [1.165, 1.54) is 18.2 Å². The number of hydrogen-bond acceptors (Lipinski definition) is 4. The van der Waals surface area contributed by atoms with Crippen LogP contribution in [-0.2, 0) is 14.3 Å². The fraction of sp³-hybridized carbons (Fsp3) is 0.250. The highest BCUT2D eigenvalue weighted by molar-refractivity contribution is 6.35. The molecule has 0 aliphatic rings. The van der Waals surface area contributed by atoms with Crippen molar-refractivity contribution in [2.45, 2.75) is 26.4 Å². The smallest absolute Gasteiger partial charge is 0.336 e. The van der Waals surface area contributed by atoms with Gasteiger partial charge < -0.3 is 9.47 Å². The minimum Gasteiger partial charge on any atom is -0.446 e. The lowest BCUT2D eigenvalue weighted by molar-refractivity contribution is -0.141. The molecule has 1 aromatic carbocycles. The van der Waals surface area contributed by atoms with Gasteiger partial charge in [-0.15, -0.1) is 5.92 Å². The zero-order chi connectivity index (χ0) is 16.5. The van der Waals surface area contributed by atoms with Crippen molar-refractivity contribution in [2.75, 3.05) is 0 Å². The van der Waals surface area contributed by atoms with Crippen LogP contribution in [0.5, 0.6) is 5.75 Å². The van der Waals surface area contributed by atoms with Crippen LogP contribution in [0.25, 0.3) is 0 Å². The molecule has 0 aliphatic carbocycles. The lowest BCUT2D eigenvalue weighted by atomic mass is 10.3. The van der Waals surface area contributed by atoms with E-state index in [1.54, 1.807) is 6.92 Å². The molecule has 0 aliphatic heterocycles. The minimum atomic E-state index is -0.754. The Hall–Kier alpha value is -1.96. The van der Waals surface area contributed by atoms with Gasteiger partial charge in [0.1, 0.15) is 5.75 Å². The SMILES string of the molecule is CC#CC(CC)OC(=O)/C=C/C(=O)Oc1ccc(Cl)cc1Cl. The third-order valence-corrected chi connectivity index (χ3v) is 2.92. The summed E-state index contributed by atoms with van der Waals surface area (Å²) in [4.78, 5) is 23.1. The summed E-state index contributed by atoms with van der Waals surface area (Å²) in [5.74, 6) is 4.12. The summed E-state index contributed by atoms with van der Waals surface area (Å²) in [7, 11) is 0. The highest BCUT2D eigenvalue weighted by atomic mass is 35.5. The molecule has 0 heterocycles. The van der Waals surface area contributed by atoms with Gasteiger partial charge in [0.2, 0.25) is 0 Å². The third-order valence-electron chi connectivity index (χ3n) is 2.39. The summed E-state index contributed by atoms with van der Waals surface area (Å²) in [5.41, 5.74) is 0. The van der Waals surface area contributed by atoms with Crippen LogP contribution in [0, 0.1) is 11.8 Å². The molecule has 22 heavy (non-hydrogen) atoms. The molecule has 0 bridgehead atoms. The van der Waals surface area contributed by atoms with E-state index in [1.807, 2.05) is 6.92 Å². The molecule has 0 aromatic heterocycles. The molecular weight excluding hydrogens is 327 g/mol. The summed E-state index contributed by atoms with van der Waals surface area (Å²) in [6, 6.07) is 4.43. The first-order valence-corrected chi connectivity index (χ1v) is 7.19. The Morgan fingerprint density at radius 3 is 2.55 bits per heavy atom. The van der Waals surface area contributed by atoms with E-state index in [-0.39, 0.29) is 10.8 Å². The molecule has 0 N–H and O–H groups in total. The topological polar surface area (TPSA) is 52.6 Å². The van der Waals surface area contributed by atoms with Gasteiger partial charge in [0.05, 0.1) is 5.02 Å². The van der Waals surface area contributed by atoms with Crippen molar-refractivity contribution in [3.05, 3.63) is 40.4 Å². The number of halogens is 2. The van der Waals surface area contributed by atoms with Gasteiger partial charge in [0.15, 0.2) is 6.10 Å². The maximum absolute atomic E-state index is 11.6. The van der Waals surface area contributed by atoms with Crippen molar-refractivity contribution in [1.82, 2.24) is 0 Å². The van der Waals surface area contributed by atoms with Gasteiger partial charge in [0.25, 0.3) is 0 Å². The summed E-state index contributed by atoms with van der Waals surface area (Å²) >= 11 is 11.6. The van der Waals surface area contributed by atoms with E-state index >= 15 is 0 Å². The molecule has 116 valence electrons. The first kappa shape index (κ1) is 18.1. The number of ether oxygens (including phenoxy) is 2. The maximum atomic E-state index is 11.6. The lowest BCUT2D eigenvalue weighted by Gasteiger charge is -2.07. The second kappa shape index (κ2) is 9.14. The summed E-state index contributed by atoms with van der Waals surface area (Å²) in [6.45, 7) is 3.49. The molecule has 0 fully saturated rings. The third kappa shape index (κ3) is 6.21. The Morgan fingerprint density at radius 2 is 1.95 bits per heavy atom. The largest absolute Gasteiger partial charge is 0.446 e. The number of benzene rings is 1. The summed E-state index contributed by atoms with van der Waals surface area (Å²) < 4.78 is 10.0. The van der Waals surface area contributed by atoms with Crippen LogP contribution >= 0.6 is 23.2 Å². The number of esters is 2. The Bertz CT molecular complexity index is 641. The van der Waals surface area contributed by atoms with Gasteiger partial charge in [-0.3, -0.25) is 0 Å². The minimum absolute atomic E-state index is 0.150. The van der Waals surface area contributed by atoms with Gasteiger partial charge >= 0.3 is 11.9 Å². The first-order valence-electron chi connectivity index (χ1n) is 6.44. The molecule has 0 saturated heterocycles. The van der Waals surface area contributed by atoms with E-state index in [0.29, 0.717) is 11.4 Å². The number of rotatable bonds is 5. The van der Waals surface area contributed by atoms with Crippen LogP contribution in [0.1, 0.15) is 20.3 Å². The molecular formula is C16H14Cl2O4. The highest BCUT2D eigenvalue weighted by Gasteiger charge is 2.09. The van der Waals surface area contributed by atoms with Crippen molar-refractivity contribution in [1.29, 1.82) is 0 Å². The molecule has 1 rings (SSSR count). The fourth-order valence-corrected chi connectivity index (χ4v) is 1.84. The molecule has 4 nitrogen and oxygen atoms in total. The Kier molecular flexibility index (Phi) is 7.51. The highest BCUT2D eigenvalue weighted by Crippen LogP contribution is 2.27. The molecule has 0 amide bonds. The van der Waals surface area contributed by atoms with E-state index < -0.39 is 18.0 Å². The predicted molar refractivity (Wildman–Crippen MR) is 84.9 cm³/mol. The van der Waals surface area contributed by atoms with E-state index in [0.717, 1.165) is 12.2 Å². The van der Waals surface area contributed by atoms with Crippen LogP contribution in [0.2, 0.25) is 10.0 Å². The van der Waals surface area contributed by atoms with Gasteiger partial charge in [-0.1, -0.05) is 36.0 Å². The van der Waals surface area contributed by atoms with Gasteiger partial charge in [-0.2, -0.15) is 0 Å². The monoisotopic (exact) mass is 340 g/mol. The van der Waals surface area contributed by atoms with E-state index in [4.69, 9.17) is 32.7 Å². The van der Waals surface area contributed by atoms with Crippen molar-refractivity contribution >= 4 is 35.1 Å². The normalized spacial score (nSPS) is 11.5. The quantitative estimate of drug-likeness (QED) is 0.354. The number of hydrogen-bond donors (Lipinski definition) is 0. The summed E-state index contributed by atoms with van der Waals surface area (Å²) in [5, 5.41) is 0.618. The lowest BCUT2D eigenvalue weighted by Crippen LogP contribution is -2.14. The van der Waals surface area contributed by atoms with Gasteiger partial charge in [-0.25, -0.2) is 9.59 Å². The average molecular weight is 341 g/mol. The molecule has 0 saturated carbocycles. The second-order valence-electron chi connectivity index (χ2n) is 4.06. The van der Waals surface area contributed by atoms with E-state index in [9.17, 15) is 9.59 Å². The van der Waals surface area contributed by atoms with Gasteiger partial charge in [-0.05, 0) is 31.5 Å². The summed E-state index contributed by atoms with van der Waals surface area (Å²) in [6.07, 6.45) is 2.00. The van der Waals surface area contributed by atoms with Crippen molar-refractivity contribution < 1.29 is 19.1 Å². The standard InChI is InChI=1S/C16H14Cl2O4/c1-3-5-12(4-2)21-15(19)8-9-16(20)22-14-7-6-11(17)10-13(14)18/h6-10,12H,4H2,1-2H3/b9-8+. The van der Waals surface area contributed by atoms with Crippen LogP contribution < -0.4 is 4.74 Å². The van der Waals surface area contributed by atoms with Crippen molar-refractivity contribution in [2.24, 2.45) is 0 Å². The molecule has 6 heteroatoms. The molecule has 0 radical (unpaired) electrons. The number of carbonyl (C=O) groups is 2. The zero-order valence-corrected chi connectivity index (χ0v) is 13.6. The van der Waals surface area contributed by atoms with Crippen LogP contribution in [0.3, 0.4) is 0 Å². The van der Waals surface area contributed by atoms with Crippen LogP contribution in [0.15, 0.2) is 30.4 Å². The van der Waals surface area contributed by atoms with Crippen molar-refractivity contribution in [3.8, 4) is 17.6 Å². The molecule has 1 aromatic rings. The molecule has 1 atom stereocenters. The second-order valence-corrected chi connectivity index (χ2v) is 4.90. The van der Waals surface area contributed by atoms with Crippen LogP contribution in [-0.4, -0.2) is 18.0 Å². The molecule has 0 spiro atoms. The number of carbonyl (C=O) groups excluding carboxylic acids is 2. The zero-order valence-electron chi connectivity index (χ0n) is 12.1. The average Bonchev–Trinajstić information content (AvgIpc) is 2.47. The predicted octanol–water partition coefficient (Wildman–Crippen LogP) is 3.80. The molecule has 1 unspecified atom stereocenters. The maximum Gasteiger partial charge on any atom is 0.336 e. The Morgan fingerprint density at radius 1 is 1.27 bits per heavy atom. The van der Waals surface area contributed by atoms with E-state index in [2.05, 4.69) is 11.8 Å². The van der Waals surface area contributed by atoms with Crippen LogP contribution in [0.4, 0.5) is 0 Å². The first-order chi connectivity index (χ1) is 10.5. The van der Waals surface area contributed by atoms with Gasteiger partial charge in [0, 0.05) is 17.2 Å². The van der Waals surface area contributed by atoms with Crippen molar-refractivity contribution in [3.63, 3.8) is 0 Å². The Labute approximate surface area is 139 Å². The fourth-order valence-electron chi connectivity index (χ4n) is 1.39. The Balaban J connectivity index is 2.59.